The van der Waals surface area contributed by atoms with Gasteiger partial charge in [0.2, 0.25) is 0 Å². The molecule has 0 rings (SSSR count). The van der Waals surface area contributed by atoms with Crippen LogP contribution in [0, 0.1) is 0 Å². The van der Waals surface area contributed by atoms with Gasteiger partial charge in [-0.05, 0) is 0 Å². The Morgan fingerprint density at radius 3 is 1.83 bits per heavy atom. The Balaban J connectivity index is 0. The monoisotopic (exact) mass is 240 g/mol. The van der Waals surface area contributed by atoms with Crippen molar-refractivity contribution in [2.45, 2.75) is 13.8 Å². The van der Waals surface area contributed by atoms with E-state index in [1.807, 2.05) is 0 Å². The second-order valence-corrected chi connectivity index (χ2v) is 5.12. The van der Waals surface area contributed by atoms with Crippen LogP contribution in [0.5, 0.6) is 0 Å². The zero-order valence-electron chi connectivity index (χ0n) is 7.31. The van der Waals surface area contributed by atoms with Crippen molar-refractivity contribution in [3.63, 3.8) is 0 Å². The van der Waals surface area contributed by atoms with Crippen molar-refractivity contribution in [3.05, 3.63) is 0 Å². The second kappa shape index (κ2) is 9.37. The average molecular weight is 240 g/mol. The van der Waals surface area contributed by atoms with Crippen LogP contribution in [0.25, 0.3) is 0 Å². The molecule has 0 spiro atoms. The third-order valence-electron chi connectivity index (χ3n) is 0.524. The minimum atomic E-state index is -4.05. The smallest absolute Gasteiger partial charge is 0.755 e. The minimum Gasteiger partial charge on any atom is -0.755 e. The van der Waals surface area contributed by atoms with Gasteiger partial charge in [-0.15, -0.1) is 0 Å². The van der Waals surface area contributed by atoms with Gasteiger partial charge in [-0.2, -0.15) is 0 Å². The van der Waals surface area contributed by atoms with E-state index in [4.69, 9.17) is 0 Å². The van der Waals surface area contributed by atoms with Crippen molar-refractivity contribution < 1.29 is 47.0 Å². The Morgan fingerprint density at radius 2 is 1.58 bits per heavy atom. The Bertz CT molecular complexity index is 135. The molecule has 0 N–H and O–H groups in total. The minimum absolute atomic E-state index is 0. The molecule has 0 fully saturated rings. The van der Waals surface area contributed by atoms with Crippen LogP contribution in [-0.2, 0) is 12.5 Å². The van der Waals surface area contributed by atoms with Crippen LogP contribution in [0.3, 0.4) is 0 Å². The molecule has 0 heterocycles. The summed E-state index contributed by atoms with van der Waals surface area (Å²) < 4.78 is 19.4. The van der Waals surface area contributed by atoms with Gasteiger partial charge in [0.15, 0.2) is 0 Å². The Hall–Kier alpha value is 1.81. The largest absolute Gasteiger partial charge is 1.00 e. The first-order valence-electron chi connectivity index (χ1n) is 3.06. The summed E-state index contributed by atoms with van der Waals surface area (Å²) in [6.45, 7) is 3.58. The molecule has 0 aliphatic heterocycles. The van der Waals surface area contributed by atoms with Gasteiger partial charge in [0.25, 0.3) is 7.82 Å². The van der Waals surface area contributed by atoms with Gasteiger partial charge in [-0.3, -0.25) is 4.57 Å². The van der Waals surface area contributed by atoms with Gasteiger partial charge in [-0.25, -0.2) is 7.94 Å². The normalized spacial score (nSPS) is 10.9. The molecule has 0 unspecified atom stereocenters. The number of phosphoric acid groups is 1. The van der Waals surface area contributed by atoms with Gasteiger partial charge in [-0.1, -0.05) is 13.8 Å². The quantitative estimate of drug-likeness (QED) is 0.331. The standard InChI is InChI=1S/C4H11O4PS2.Na/c1-3-10-7-9(5,6)8-11-4-2;/h3-4H2,1-2H3,(H,5,6);/q;+1/p-1. The van der Waals surface area contributed by atoms with E-state index in [1.165, 1.54) is 0 Å². The SMILES string of the molecule is CCSOP(=O)([O-])OSCC.[Na+]. The van der Waals surface area contributed by atoms with Crippen LogP contribution in [0.1, 0.15) is 13.8 Å². The van der Waals surface area contributed by atoms with E-state index in [9.17, 15) is 9.46 Å². The van der Waals surface area contributed by atoms with Crippen LogP contribution in [-0.4, -0.2) is 11.5 Å². The maximum atomic E-state index is 10.7. The molecule has 12 heavy (non-hydrogen) atoms. The van der Waals surface area contributed by atoms with E-state index in [0.717, 1.165) is 24.1 Å². The van der Waals surface area contributed by atoms with Crippen LogP contribution >= 0.6 is 31.9 Å². The van der Waals surface area contributed by atoms with Crippen molar-refractivity contribution in [1.82, 2.24) is 0 Å². The molecule has 0 atom stereocenters. The summed E-state index contributed by atoms with van der Waals surface area (Å²) in [6, 6.07) is 0. The first-order valence-corrected chi connectivity index (χ1v) is 6.34. The van der Waals surface area contributed by atoms with Crippen molar-refractivity contribution in [2.75, 3.05) is 11.5 Å². The molecule has 0 aromatic heterocycles. The fourth-order valence-corrected chi connectivity index (χ4v) is 2.45. The molecule has 68 valence electrons. The molecule has 0 amide bonds. The van der Waals surface area contributed by atoms with Crippen LogP contribution in [0.15, 0.2) is 0 Å². The second-order valence-electron chi connectivity index (χ2n) is 1.41. The summed E-state index contributed by atoms with van der Waals surface area (Å²) in [6.07, 6.45) is 0. The third-order valence-corrected chi connectivity index (χ3v) is 3.30. The van der Waals surface area contributed by atoms with E-state index in [-0.39, 0.29) is 29.6 Å². The summed E-state index contributed by atoms with van der Waals surface area (Å²) in [4.78, 5) is 10.7. The third kappa shape index (κ3) is 9.89. The molecule has 0 radical (unpaired) electrons. The predicted octanol–water partition coefficient (Wildman–Crippen LogP) is -1.17. The molecule has 0 saturated heterocycles. The molecule has 0 aromatic carbocycles. The number of hydrogen-bond donors (Lipinski definition) is 0. The molecule has 0 aliphatic carbocycles. The molecule has 0 aromatic rings. The van der Waals surface area contributed by atoms with Crippen LogP contribution < -0.4 is 34.5 Å². The first kappa shape index (κ1) is 16.2. The fraction of sp³-hybridized carbons (Fsp3) is 1.00. The van der Waals surface area contributed by atoms with E-state index in [0.29, 0.717) is 11.5 Å². The van der Waals surface area contributed by atoms with Crippen LogP contribution in [0.2, 0.25) is 0 Å². The van der Waals surface area contributed by atoms with E-state index in [1.54, 1.807) is 13.8 Å². The van der Waals surface area contributed by atoms with Crippen molar-refractivity contribution in [3.8, 4) is 0 Å². The zero-order valence-corrected chi connectivity index (χ0v) is 11.8. The van der Waals surface area contributed by atoms with Crippen molar-refractivity contribution >= 4 is 31.9 Å². The molecule has 4 nitrogen and oxygen atoms in total. The molecular formula is C4H10NaO4PS2. The van der Waals surface area contributed by atoms with Gasteiger partial charge in [0.1, 0.15) is 0 Å². The Labute approximate surface area is 103 Å². The molecule has 0 bridgehead atoms. The van der Waals surface area contributed by atoms with Gasteiger partial charge < -0.3 is 4.89 Å². The van der Waals surface area contributed by atoms with Crippen molar-refractivity contribution in [1.29, 1.82) is 0 Å². The predicted molar refractivity (Wildman–Crippen MR) is 46.0 cm³/mol. The average Bonchev–Trinajstić information content (AvgIpc) is 1.97. The molecular weight excluding hydrogens is 230 g/mol. The summed E-state index contributed by atoms with van der Waals surface area (Å²) in [7, 11) is -4.05. The summed E-state index contributed by atoms with van der Waals surface area (Å²) in [5.74, 6) is 1.15. The van der Waals surface area contributed by atoms with E-state index >= 15 is 0 Å². The number of rotatable bonds is 6. The molecule has 0 aliphatic rings. The maximum Gasteiger partial charge on any atom is 1.00 e. The van der Waals surface area contributed by atoms with Gasteiger partial charge in [0, 0.05) is 35.6 Å². The van der Waals surface area contributed by atoms with Gasteiger partial charge >= 0.3 is 29.6 Å². The van der Waals surface area contributed by atoms with Gasteiger partial charge in [0.05, 0.1) is 0 Å². The van der Waals surface area contributed by atoms with E-state index < -0.39 is 7.82 Å². The van der Waals surface area contributed by atoms with Crippen molar-refractivity contribution in [2.24, 2.45) is 0 Å². The van der Waals surface area contributed by atoms with Crippen LogP contribution in [0.4, 0.5) is 0 Å². The molecule has 0 saturated carbocycles. The summed E-state index contributed by atoms with van der Waals surface area (Å²) >= 11 is 1.70. The number of hydrogen-bond acceptors (Lipinski definition) is 6. The topological polar surface area (TPSA) is 58.6 Å². The Morgan fingerprint density at radius 1 is 1.25 bits per heavy atom. The zero-order chi connectivity index (χ0) is 8.74. The maximum absolute atomic E-state index is 10.7. The fourth-order valence-electron chi connectivity index (χ4n) is 0.247. The van der Waals surface area contributed by atoms with E-state index in [2.05, 4.69) is 7.94 Å². The Kier molecular flexibility index (Phi) is 12.7. The first-order chi connectivity index (χ1) is 5.12. The summed E-state index contributed by atoms with van der Waals surface area (Å²) in [5, 5.41) is 0. The summed E-state index contributed by atoms with van der Waals surface area (Å²) in [5.41, 5.74) is 0. The molecule has 8 heteroatoms.